The molecule has 1 aromatic rings. The van der Waals surface area contributed by atoms with Crippen molar-refractivity contribution in [1.29, 1.82) is 0 Å². The second-order valence-electron chi connectivity index (χ2n) is 4.19. The van der Waals surface area contributed by atoms with Crippen molar-refractivity contribution >= 4 is 11.9 Å². The van der Waals surface area contributed by atoms with Gasteiger partial charge in [-0.1, -0.05) is 0 Å². The van der Waals surface area contributed by atoms with Gasteiger partial charge in [-0.15, -0.1) is 0 Å². The molecule has 1 amide bonds. The Labute approximate surface area is 107 Å². The van der Waals surface area contributed by atoms with Gasteiger partial charge in [0.2, 0.25) is 5.91 Å². The maximum absolute atomic E-state index is 13.6. The SMILES string of the molecule is COc1c(F)cc([C@@H]2CNC(=O)[C@H]2C(=O)O)cc1F. The summed E-state index contributed by atoms with van der Waals surface area (Å²) in [6.07, 6.45) is 0. The third kappa shape index (κ3) is 2.23. The minimum Gasteiger partial charge on any atom is -0.491 e. The van der Waals surface area contributed by atoms with Crippen LogP contribution in [0.2, 0.25) is 0 Å². The summed E-state index contributed by atoms with van der Waals surface area (Å²) in [5, 5.41) is 11.4. The third-order valence-corrected chi connectivity index (χ3v) is 3.10. The highest BCUT2D eigenvalue weighted by Gasteiger charge is 2.41. The first-order valence-corrected chi connectivity index (χ1v) is 5.49. The fourth-order valence-electron chi connectivity index (χ4n) is 2.20. The molecule has 0 spiro atoms. The summed E-state index contributed by atoms with van der Waals surface area (Å²) in [5.74, 6) is -6.52. The molecule has 1 fully saturated rings. The van der Waals surface area contributed by atoms with Crippen LogP contribution < -0.4 is 10.1 Å². The summed E-state index contributed by atoms with van der Waals surface area (Å²) < 4.78 is 31.7. The van der Waals surface area contributed by atoms with Crippen molar-refractivity contribution in [2.24, 2.45) is 5.92 Å². The Morgan fingerprint density at radius 1 is 1.42 bits per heavy atom. The predicted molar refractivity (Wildman–Crippen MR) is 59.8 cm³/mol. The molecule has 0 aromatic heterocycles. The number of hydrogen-bond acceptors (Lipinski definition) is 3. The van der Waals surface area contributed by atoms with Gasteiger partial charge in [0.15, 0.2) is 17.4 Å². The van der Waals surface area contributed by atoms with Crippen LogP contribution in [0.15, 0.2) is 12.1 Å². The van der Waals surface area contributed by atoms with Crippen LogP contribution >= 0.6 is 0 Å². The molecule has 1 aliphatic heterocycles. The largest absolute Gasteiger partial charge is 0.491 e. The monoisotopic (exact) mass is 271 g/mol. The average Bonchev–Trinajstić information content (AvgIpc) is 2.70. The molecule has 7 heteroatoms. The third-order valence-electron chi connectivity index (χ3n) is 3.10. The van der Waals surface area contributed by atoms with Gasteiger partial charge in [-0.05, 0) is 17.7 Å². The van der Waals surface area contributed by atoms with E-state index in [-0.39, 0.29) is 12.1 Å². The van der Waals surface area contributed by atoms with E-state index in [0.29, 0.717) is 0 Å². The van der Waals surface area contributed by atoms with Crippen LogP contribution in [0.1, 0.15) is 11.5 Å². The highest BCUT2D eigenvalue weighted by Crippen LogP contribution is 2.33. The van der Waals surface area contributed by atoms with Crippen molar-refractivity contribution in [1.82, 2.24) is 5.32 Å². The van der Waals surface area contributed by atoms with Crippen molar-refractivity contribution in [2.75, 3.05) is 13.7 Å². The molecule has 1 aromatic carbocycles. The van der Waals surface area contributed by atoms with E-state index in [1.807, 2.05) is 0 Å². The normalized spacial score (nSPS) is 22.2. The molecule has 0 saturated carbocycles. The molecule has 5 nitrogen and oxygen atoms in total. The summed E-state index contributed by atoms with van der Waals surface area (Å²) in [5.41, 5.74) is 0.113. The van der Waals surface area contributed by atoms with Crippen molar-refractivity contribution in [3.05, 3.63) is 29.3 Å². The van der Waals surface area contributed by atoms with E-state index in [9.17, 15) is 18.4 Å². The van der Waals surface area contributed by atoms with Crippen LogP contribution in [-0.2, 0) is 9.59 Å². The first kappa shape index (κ1) is 13.3. The van der Waals surface area contributed by atoms with Gasteiger partial charge in [0, 0.05) is 12.5 Å². The fraction of sp³-hybridized carbons (Fsp3) is 0.333. The van der Waals surface area contributed by atoms with E-state index in [1.165, 1.54) is 0 Å². The highest BCUT2D eigenvalue weighted by atomic mass is 19.1. The van der Waals surface area contributed by atoms with Crippen LogP contribution in [0.25, 0.3) is 0 Å². The molecule has 2 N–H and O–H groups in total. The zero-order valence-electron chi connectivity index (χ0n) is 9.94. The quantitative estimate of drug-likeness (QED) is 0.800. The maximum atomic E-state index is 13.6. The number of carboxylic acids is 1. The van der Waals surface area contributed by atoms with Crippen molar-refractivity contribution < 1.29 is 28.2 Å². The minimum atomic E-state index is -1.34. The first-order valence-electron chi connectivity index (χ1n) is 5.49. The van der Waals surface area contributed by atoms with Crippen molar-refractivity contribution in [2.45, 2.75) is 5.92 Å². The number of methoxy groups -OCH3 is 1. The molecule has 1 heterocycles. The minimum absolute atomic E-state index is 0.0288. The number of nitrogens with one attached hydrogen (secondary N) is 1. The van der Waals surface area contributed by atoms with Crippen LogP contribution in [0.4, 0.5) is 8.78 Å². The van der Waals surface area contributed by atoms with Crippen molar-refractivity contribution in [3.8, 4) is 5.75 Å². The number of benzene rings is 1. The highest BCUT2D eigenvalue weighted by molar-refractivity contribution is 5.99. The van der Waals surface area contributed by atoms with Crippen LogP contribution in [0.3, 0.4) is 0 Å². The summed E-state index contributed by atoms with van der Waals surface area (Å²) in [6.45, 7) is 0.0288. The molecule has 1 aliphatic rings. The van der Waals surface area contributed by atoms with E-state index in [0.717, 1.165) is 19.2 Å². The van der Waals surface area contributed by atoms with Crippen LogP contribution in [0, 0.1) is 17.6 Å². The lowest BCUT2D eigenvalue weighted by Crippen LogP contribution is -2.26. The van der Waals surface area contributed by atoms with E-state index in [4.69, 9.17) is 5.11 Å². The van der Waals surface area contributed by atoms with Gasteiger partial charge in [0.25, 0.3) is 0 Å². The molecule has 19 heavy (non-hydrogen) atoms. The van der Waals surface area contributed by atoms with E-state index in [1.54, 1.807) is 0 Å². The van der Waals surface area contributed by atoms with E-state index in [2.05, 4.69) is 10.1 Å². The molecule has 1 saturated heterocycles. The number of aliphatic carboxylic acids is 1. The Morgan fingerprint density at radius 3 is 2.47 bits per heavy atom. The number of rotatable bonds is 3. The maximum Gasteiger partial charge on any atom is 0.316 e. The Bertz CT molecular complexity index is 524. The van der Waals surface area contributed by atoms with Gasteiger partial charge in [0.1, 0.15) is 5.92 Å². The van der Waals surface area contributed by atoms with Gasteiger partial charge in [0.05, 0.1) is 7.11 Å². The molecule has 0 bridgehead atoms. The number of hydrogen-bond donors (Lipinski definition) is 2. The first-order chi connectivity index (χ1) is 8.95. The topological polar surface area (TPSA) is 75.6 Å². The number of carbonyl (C=O) groups is 2. The van der Waals surface area contributed by atoms with E-state index < -0.39 is 41.1 Å². The lowest BCUT2D eigenvalue weighted by molar-refractivity contribution is -0.145. The fourth-order valence-corrected chi connectivity index (χ4v) is 2.20. The number of amides is 1. The molecule has 2 atom stereocenters. The summed E-state index contributed by atoms with van der Waals surface area (Å²) in [4.78, 5) is 22.4. The molecular weight excluding hydrogens is 260 g/mol. The second-order valence-corrected chi connectivity index (χ2v) is 4.19. The second kappa shape index (κ2) is 4.83. The zero-order valence-corrected chi connectivity index (χ0v) is 9.94. The molecule has 0 aliphatic carbocycles. The Kier molecular flexibility index (Phi) is 3.37. The van der Waals surface area contributed by atoms with Gasteiger partial charge in [-0.2, -0.15) is 0 Å². The van der Waals surface area contributed by atoms with Gasteiger partial charge >= 0.3 is 5.97 Å². The standard InChI is InChI=1S/C12H11F2NO4/c1-19-10-7(13)2-5(3-8(10)14)6-4-15-11(16)9(6)12(17)18/h2-3,6,9H,4H2,1H3,(H,15,16)(H,17,18)/t6-,9-/m0/s1. The Morgan fingerprint density at radius 2 is 2.00 bits per heavy atom. The number of halogens is 2. The molecular formula is C12H11F2NO4. The molecule has 2 rings (SSSR count). The van der Waals surface area contributed by atoms with Gasteiger partial charge < -0.3 is 15.2 Å². The molecule has 102 valence electrons. The summed E-state index contributed by atoms with van der Waals surface area (Å²) in [6, 6.07) is 1.98. The van der Waals surface area contributed by atoms with Crippen LogP contribution in [-0.4, -0.2) is 30.6 Å². The molecule has 0 unspecified atom stereocenters. The average molecular weight is 271 g/mol. The number of carbonyl (C=O) groups excluding carboxylic acids is 1. The van der Waals surface area contributed by atoms with Crippen molar-refractivity contribution in [3.63, 3.8) is 0 Å². The number of carboxylic acid groups (broad SMARTS) is 1. The smallest absolute Gasteiger partial charge is 0.316 e. The summed E-state index contributed by atoms with van der Waals surface area (Å²) >= 11 is 0. The lowest BCUT2D eigenvalue weighted by atomic mass is 9.88. The van der Waals surface area contributed by atoms with Gasteiger partial charge in [-0.25, -0.2) is 8.78 Å². The lowest BCUT2D eigenvalue weighted by Gasteiger charge is -2.14. The summed E-state index contributed by atoms with van der Waals surface area (Å²) in [7, 11) is 1.13. The van der Waals surface area contributed by atoms with Crippen LogP contribution in [0.5, 0.6) is 5.75 Å². The zero-order chi connectivity index (χ0) is 14.2. The van der Waals surface area contributed by atoms with E-state index >= 15 is 0 Å². The van der Waals surface area contributed by atoms with Gasteiger partial charge in [-0.3, -0.25) is 9.59 Å². The Balaban J connectivity index is 2.42. The predicted octanol–water partition coefficient (Wildman–Crippen LogP) is 0.888. The Hall–Kier alpha value is -2.18. The molecule has 0 radical (unpaired) electrons. The number of ether oxygens (including phenoxy) is 1.